The van der Waals surface area contributed by atoms with Gasteiger partial charge in [-0.2, -0.15) is 0 Å². The third kappa shape index (κ3) is 3.98. The summed E-state index contributed by atoms with van der Waals surface area (Å²) in [5.74, 6) is 0.958. The summed E-state index contributed by atoms with van der Waals surface area (Å²) in [6.45, 7) is 5.44. The Morgan fingerprint density at radius 1 is 1.10 bits per heavy atom. The number of ether oxygens (including phenoxy) is 1. The van der Waals surface area contributed by atoms with Crippen LogP contribution in [0.25, 0.3) is 22.3 Å². The van der Waals surface area contributed by atoms with E-state index in [4.69, 9.17) is 4.74 Å². The molecule has 0 saturated carbocycles. The molecule has 8 nitrogen and oxygen atoms in total. The molecule has 4 N–H and O–H groups in total. The fourth-order valence-corrected chi connectivity index (χ4v) is 4.21. The number of aromatic amines is 1. The second kappa shape index (κ2) is 8.22. The molecule has 2 fully saturated rings. The molecule has 2 saturated heterocycles. The van der Waals surface area contributed by atoms with E-state index in [-0.39, 0.29) is 0 Å². The maximum atomic E-state index is 10.6. The Kier molecular flexibility index (Phi) is 5.28. The van der Waals surface area contributed by atoms with Crippen molar-refractivity contribution in [1.29, 1.82) is 0 Å². The summed E-state index contributed by atoms with van der Waals surface area (Å²) >= 11 is 0. The zero-order chi connectivity index (χ0) is 20.4. The molecule has 2 aliphatic heterocycles. The lowest BCUT2D eigenvalue weighted by molar-refractivity contribution is 0.0232. The van der Waals surface area contributed by atoms with Gasteiger partial charge in [0.15, 0.2) is 0 Å². The number of rotatable bonds is 5. The number of aromatic nitrogens is 3. The summed E-state index contributed by atoms with van der Waals surface area (Å²) in [6, 6.07) is 10.4. The van der Waals surface area contributed by atoms with E-state index in [1.165, 1.54) is 0 Å². The number of anilines is 2. The molecule has 3 aromatic rings. The molecule has 0 unspecified atom stereocenters. The van der Waals surface area contributed by atoms with Gasteiger partial charge in [-0.3, -0.25) is 0 Å². The summed E-state index contributed by atoms with van der Waals surface area (Å²) < 4.78 is 5.47. The number of fused-ring (bicyclic) bond motifs is 1. The summed E-state index contributed by atoms with van der Waals surface area (Å²) in [4.78, 5) is 14.6. The number of hydrogen-bond acceptors (Lipinski definition) is 7. The normalized spacial score (nSPS) is 19.2. The van der Waals surface area contributed by atoms with Crippen LogP contribution in [-0.4, -0.2) is 71.6 Å². The highest BCUT2D eigenvalue weighted by molar-refractivity contribution is 5.92. The monoisotopic (exact) mass is 408 g/mol. The van der Waals surface area contributed by atoms with Crippen molar-refractivity contribution >= 4 is 22.5 Å². The lowest BCUT2D eigenvalue weighted by Gasteiger charge is -2.33. The van der Waals surface area contributed by atoms with Crippen LogP contribution in [0, 0.1) is 0 Å². The minimum absolute atomic E-state index is 0.568. The summed E-state index contributed by atoms with van der Waals surface area (Å²) in [7, 11) is 0. The first-order chi connectivity index (χ1) is 14.7. The second-order valence-corrected chi connectivity index (χ2v) is 8.15. The van der Waals surface area contributed by atoms with Crippen molar-refractivity contribution in [3.8, 4) is 11.3 Å². The van der Waals surface area contributed by atoms with Crippen molar-refractivity contribution in [3.05, 3.63) is 36.7 Å². The molecular formula is C22H28N6O2. The molecule has 2 aromatic heterocycles. The van der Waals surface area contributed by atoms with Gasteiger partial charge in [-0.05, 0) is 49.7 Å². The third-order valence-electron chi connectivity index (χ3n) is 6.07. The fraction of sp³-hybridized carbons (Fsp3) is 0.455. The fourth-order valence-electron chi connectivity index (χ4n) is 4.21. The number of nitrogens with zero attached hydrogens (tertiary/aromatic N) is 3. The minimum Gasteiger partial charge on any atom is -0.388 e. The molecule has 0 radical (unpaired) electrons. The van der Waals surface area contributed by atoms with E-state index in [0.717, 1.165) is 86.0 Å². The molecule has 0 bridgehead atoms. The van der Waals surface area contributed by atoms with Crippen molar-refractivity contribution < 1.29 is 9.84 Å². The van der Waals surface area contributed by atoms with Crippen LogP contribution in [0.5, 0.6) is 0 Å². The SMILES string of the molecule is OC1(CNc2ccc(-c3cc4c(N5CCOCC5)ncnc4[nH]3)cc2)CCNCC1. The first-order valence-corrected chi connectivity index (χ1v) is 10.6. The number of aliphatic hydroxyl groups is 1. The van der Waals surface area contributed by atoms with Crippen LogP contribution in [0.1, 0.15) is 12.8 Å². The second-order valence-electron chi connectivity index (χ2n) is 8.15. The van der Waals surface area contributed by atoms with Gasteiger partial charge in [0.1, 0.15) is 17.8 Å². The first-order valence-electron chi connectivity index (χ1n) is 10.6. The Morgan fingerprint density at radius 2 is 1.87 bits per heavy atom. The van der Waals surface area contributed by atoms with Gasteiger partial charge in [0.05, 0.1) is 24.2 Å². The van der Waals surface area contributed by atoms with E-state index < -0.39 is 5.60 Å². The van der Waals surface area contributed by atoms with Gasteiger partial charge in [-0.15, -0.1) is 0 Å². The standard InChI is InChI=1S/C22H28N6O2/c29-22(5-7-23-8-6-22)14-24-17-3-1-16(2-4-17)19-13-18-20(27-19)25-15-26-21(18)28-9-11-30-12-10-28/h1-4,13,15,23-24,29H,5-12,14H2,(H,25,26,27). The van der Waals surface area contributed by atoms with Crippen molar-refractivity contribution in [3.63, 3.8) is 0 Å². The van der Waals surface area contributed by atoms with Crippen LogP contribution in [0.4, 0.5) is 11.5 Å². The van der Waals surface area contributed by atoms with Crippen LogP contribution in [0.15, 0.2) is 36.7 Å². The number of nitrogens with one attached hydrogen (secondary N) is 3. The van der Waals surface area contributed by atoms with E-state index in [9.17, 15) is 5.11 Å². The van der Waals surface area contributed by atoms with Crippen molar-refractivity contribution in [2.24, 2.45) is 0 Å². The Hall–Kier alpha value is -2.68. The van der Waals surface area contributed by atoms with Crippen molar-refractivity contribution in [2.45, 2.75) is 18.4 Å². The van der Waals surface area contributed by atoms with Crippen LogP contribution in [-0.2, 0) is 4.74 Å². The largest absolute Gasteiger partial charge is 0.388 e. The maximum Gasteiger partial charge on any atom is 0.143 e. The van der Waals surface area contributed by atoms with E-state index in [2.05, 4.69) is 60.8 Å². The molecule has 158 valence electrons. The van der Waals surface area contributed by atoms with Gasteiger partial charge in [-0.25, -0.2) is 9.97 Å². The molecule has 0 atom stereocenters. The highest BCUT2D eigenvalue weighted by Crippen LogP contribution is 2.30. The number of hydrogen-bond donors (Lipinski definition) is 4. The Balaban J connectivity index is 1.33. The molecule has 5 rings (SSSR count). The predicted octanol–water partition coefficient (Wildman–Crippen LogP) is 1.99. The van der Waals surface area contributed by atoms with Crippen molar-refractivity contribution in [1.82, 2.24) is 20.3 Å². The van der Waals surface area contributed by atoms with E-state index in [1.807, 2.05) is 0 Å². The van der Waals surface area contributed by atoms with E-state index in [0.29, 0.717) is 6.54 Å². The Morgan fingerprint density at radius 3 is 2.63 bits per heavy atom. The highest BCUT2D eigenvalue weighted by Gasteiger charge is 2.28. The molecule has 8 heteroatoms. The molecule has 0 spiro atoms. The first kappa shape index (κ1) is 19.3. The highest BCUT2D eigenvalue weighted by atomic mass is 16.5. The van der Waals surface area contributed by atoms with E-state index >= 15 is 0 Å². The van der Waals surface area contributed by atoms with E-state index in [1.54, 1.807) is 6.33 Å². The number of piperidine rings is 1. The third-order valence-corrected chi connectivity index (χ3v) is 6.07. The zero-order valence-electron chi connectivity index (χ0n) is 17.0. The topological polar surface area (TPSA) is 98.3 Å². The number of H-pyrrole nitrogens is 1. The maximum absolute atomic E-state index is 10.6. The van der Waals surface area contributed by atoms with Crippen LogP contribution >= 0.6 is 0 Å². The van der Waals surface area contributed by atoms with Gasteiger partial charge in [0, 0.05) is 31.0 Å². The Bertz CT molecular complexity index is 991. The Labute approximate surface area is 175 Å². The minimum atomic E-state index is -0.629. The van der Waals surface area contributed by atoms with Crippen molar-refractivity contribution in [2.75, 3.05) is 56.2 Å². The summed E-state index contributed by atoms with van der Waals surface area (Å²) in [5.41, 5.74) is 3.33. The van der Waals surface area contributed by atoms with Crippen LogP contribution in [0.2, 0.25) is 0 Å². The zero-order valence-corrected chi connectivity index (χ0v) is 17.0. The average Bonchev–Trinajstić information content (AvgIpc) is 3.24. The molecular weight excluding hydrogens is 380 g/mol. The molecule has 1 aromatic carbocycles. The van der Waals surface area contributed by atoms with Gasteiger partial charge < -0.3 is 30.4 Å². The number of morpholine rings is 1. The molecule has 0 aliphatic carbocycles. The lowest BCUT2D eigenvalue weighted by Crippen LogP contribution is -2.46. The van der Waals surface area contributed by atoms with Gasteiger partial charge in [0.25, 0.3) is 0 Å². The molecule has 30 heavy (non-hydrogen) atoms. The molecule has 0 amide bonds. The van der Waals surface area contributed by atoms with Crippen LogP contribution < -0.4 is 15.5 Å². The quantitative estimate of drug-likeness (QED) is 0.512. The average molecular weight is 409 g/mol. The van der Waals surface area contributed by atoms with Gasteiger partial charge in [-0.1, -0.05) is 12.1 Å². The van der Waals surface area contributed by atoms with Crippen LogP contribution in [0.3, 0.4) is 0 Å². The lowest BCUT2D eigenvalue weighted by atomic mass is 9.92. The molecule has 2 aliphatic rings. The van der Waals surface area contributed by atoms with Gasteiger partial charge >= 0.3 is 0 Å². The van der Waals surface area contributed by atoms with Gasteiger partial charge in [0.2, 0.25) is 0 Å². The number of benzene rings is 1. The summed E-state index contributed by atoms with van der Waals surface area (Å²) in [6.07, 6.45) is 3.17. The predicted molar refractivity (Wildman–Crippen MR) is 118 cm³/mol. The smallest absolute Gasteiger partial charge is 0.143 e. The molecule has 4 heterocycles. The summed E-state index contributed by atoms with van der Waals surface area (Å²) in [5, 5.41) is 18.4.